The molecule has 0 radical (unpaired) electrons. The molecule has 31 heavy (non-hydrogen) atoms. The second-order valence-corrected chi connectivity index (χ2v) is 8.24. The lowest BCUT2D eigenvalue weighted by Crippen LogP contribution is -2.18. The number of anilines is 3. The van der Waals surface area contributed by atoms with Crippen molar-refractivity contribution in [2.75, 3.05) is 34.4 Å². The maximum Gasteiger partial charge on any atom is 0.234 e. The average Bonchev–Trinajstić information content (AvgIpc) is 3.45. The van der Waals surface area contributed by atoms with Crippen molar-refractivity contribution in [1.82, 2.24) is 14.8 Å². The zero-order valence-electron chi connectivity index (χ0n) is 17.2. The zero-order chi connectivity index (χ0) is 21.6. The number of hydrogen-bond donors (Lipinski definition) is 2. The van der Waals surface area contributed by atoms with E-state index >= 15 is 0 Å². The van der Waals surface area contributed by atoms with Crippen LogP contribution in [0.25, 0.3) is 5.69 Å². The molecule has 9 heteroatoms. The molecule has 2 aromatic carbocycles. The molecule has 1 saturated heterocycles. The summed E-state index contributed by atoms with van der Waals surface area (Å²) in [5, 5.41) is 14.4. The van der Waals surface area contributed by atoms with Crippen molar-refractivity contribution in [3.8, 4) is 5.69 Å². The standard InChI is InChI=1S/C22H24N6O2S/c1-16(29)24-18-5-4-6-20(13-18)28-15-23-26-22(28)31-14-21(30)25-17-7-9-19(10-8-17)27-11-2-3-12-27/h4-10,13,15H,2-3,11-12,14H2,1H3,(H,24,29)(H,25,30). The predicted molar refractivity (Wildman–Crippen MR) is 123 cm³/mol. The van der Waals surface area contributed by atoms with Crippen LogP contribution in [-0.4, -0.2) is 45.4 Å². The Hall–Kier alpha value is -3.33. The summed E-state index contributed by atoms with van der Waals surface area (Å²) in [6, 6.07) is 15.3. The van der Waals surface area contributed by atoms with Crippen molar-refractivity contribution in [2.45, 2.75) is 24.9 Å². The van der Waals surface area contributed by atoms with E-state index in [1.165, 1.54) is 37.2 Å². The van der Waals surface area contributed by atoms with Gasteiger partial charge in [0.25, 0.3) is 0 Å². The largest absolute Gasteiger partial charge is 0.372 e. The maximum absolute atomic E-state index is 12.4. The molecule has 2 amide bonds. The second kappa shape index (κ2) is 9.65. The van der Waals surface area contributed by atoms with Gasteiger partial charge in [-0.1, -0.05) is 17.8 Å². The molecule has 3 aromatic rings. The lowest BCUT2D eigenvalue weighted by atomic mass is 10.2. The highest BCUT2D eigenvalue weighted by atomic mass is 32.2. The van der Waals surface area contributed by atoms with E-state index in [1.807, 2.05) is 48.5 Å². The SMILES string of the molecule is CC(=O)Nc1cccc(-n2cnnc2SCC(=O)Nc2ccc(N3CCCC3)cc2)c1. The number of carbonyl (C=O) groups excluding carboxylic acids is 2. The first-order valence-corrected chi connectivity index (χ1v) is 11.1. The molecule has 2 N–H and O–H groups in total. The Morgan fingerprint density at radius 1 is 1.00 bits per heavy atom. The Bertz CT molecular complexity index is 1060. The van der Waals surface area contributed by atoms with E-state index in [0.29, 0.717) is 10.8 Å². The quantitative estimate of drug-likeness (QED) is 0.550. The summed E-state index contributed by atoms with van der Waals surface area (Å²) in [4.78, 5) is 26.1. The summed E-state index contributed by atoms with van der Waals surface area (Å²) >= 11 is 1.30. The van der Waals surface area contributed by atoms with Gasteiger partial charge in [0.2, 0.25) is 11.8 Å². The molecule has 1 aliphatic heterocycles. The first kappa shape index (κ1) is 20.9. The number of carbonyl (C=O) groups is 2. The van der Waals surface area contributed by atoms with Gasteiger partial charge in [-0.25, -0.2) is 0 Å². The highest BCUT2D eigenvalue weighted by Gasteiger charge is 2.13. The minimum Gasteiger partial charge on any atom is -0.372 e. The van der Waals surface area contributed by atoms with Gasteiger partial charge in [0.15, 0.2) is 5.16 Å². The lowest BCUT2D eigenvalue weighted by Gasteiger charge is -2.17. The van der Waals surface area contributed by atoms with Crippen LogP contribution in [-0.2, 0) is 9.59 Å². The highest BCUT2D eigenvalue weighted by molar-refractivity contribution is 7.99. The molecule has 0 unspecified atom stereocenters. The summed E-state index contributed by atoms with van der Waals surface area (Å²) in [6.07, 6.45) is 4.06. The smallest absolute Gasteiger partial charge is 0.234 e. The molecule has 1 aromatic heterocycles. The van der Waals surface area contributed by atoms with Crippen molar-refractivity contribution >= 4 is 40.6 Å². The third kappa shape index (κ3) is 5.43. The van der Waals surface area contributed by atoms with E-state index in [4.69, 9.17) is 0 Å². The van der Waals surface area contributed by atoms with Gasteiger partial charge in [-0.3, -0.25) is 14.2 Å². The first-order chi connectivity index (χ1) is 15.1. The number of amides is 2. The lowest BCUT2D eigenvalue weighted by molar-refractivity contribution is -0.114. The van der Waals surface area contributed by atoms with Crippen molar-refractivity contribution in [2.24, 2.45) is 0 Å². The van der Waals surface area contributed by atoms with Gasteiger partial charge < -0.3 is 15.5 Å². The van der Waals surface area contributed by atoms with Crippen LogP contribution in [0.3, 0.4) is 0 Å². The Kier molecular flexibility index (Phi) is 6.51. The Labute approximate surface area is 185 Å². The summed E-state index contributed by atoms with van der Waals surface area (Å²) in [5.74, 6) is -0.0427. The molecule has 0 aliphatic carbocycles. The van der Waals surface area contributed by atoms with Gasteiger partial charge in [-0.05, 0) is 55.3 Å². The number of rotatable bonds is 7. The van der Waals surface area contributed by atoms with Crippen LogP contribution in [0.4, 0.5) is 17.1 Å². The third-order valence-corrected chi connectivity index (χ3v) is 5.86. The molecule has 0 saturated carbocycles. The van der Waals surface area contributed by atoms with Crippen LogP contribution < -0.4 is 15.5 Å². The Balaban J connectivity index is 1.35. The molecular weight excluding hydrogens is 412 g/mol. The van der Waals surface area contributed by atoms with E-state index in [2.05, 4.69) is 25.7 Å². The van der Waals surface area contributed by atoms with Crippen LogP contribution >= 0.6 is 11.8 Å². The molecule has 2 heterocycles. The summed E-state index contributed by atoms with van der Waals surface area (Å²) in [5.41, 5.74) is 3.46. The molecule has 8 nitrogen and oxygen atoms in total. The summed E-state index contributed by atoms with van der Waals surface area (Å²) in [6.45, 7) is 3.65. The first-order valence-electron chi connectivity index (χ1n) is 10.1. The van der Waals surface area contributed by atoms with Gasteiger partial charge in [-0.15, -0.1) is 10.2 Å². The topological polar surface area (TPSA) is 92.1 Å². The van der Waals surface area contributed by atoms with Crippen LogP contribution in [0.5, 0.6) is 0 Å². The highest BCUT2D eigenvalue weighted by Crippen LogP contribution is 2.24. The Morgan fingerprint density at radius 3 is 2.52 bits per heavy atom. The maximum atomic E-state index is 12.4. The zero-order valence-corrected chi connectivity index (χ0v) is 18.1. The third-order valence-electron chi connectivity index (χ3n) is 4.92. The number of nitrogens with one attached hydrogen (secondary N) is 2. The van der Waals surface area contributed by atoms with Crippen LogP contribution in [0.15, 0.2) is 60.0 Å². The van der Waals surface area contributed by atoms with E-state index in [-0.39, 0.29) is 17.6 Å². The van der Waals surface area contributed by atoms with Gasteiger partial charge >= 0.3 is 0 Å². The number of thioether (sulfide) groups is 1. The van der Waals surface area contributed by atoms with Gasteiger partial charge in [0.05, 0.1) is 11.4 Å². The van der Waals surface area contributed by atoms with Gasteiger partial charge in [0, 0.05) is 37.1 Å². The molecular formula is C22H24N6O2S. The minimum absolute atomic E-state index is 0.111. The van der Waals surface area contributed by atoms with E-state index in [0.717, 1.165) is 24.5 Å². The van der Waals surface area contributed by atoms with Crippen LogP contribution in [0.2, 0.25) is 0 Å². The van der Waals surface area contributed by atoms with E-state index < -0.39 is 0 Å². The molecule has 1 fully saturated rings. The number of aromatic nitrogens is 3. The van der Waals surface area contributed by atoms with Crippen LogP contribution in [0.1, 0.15) is 19.8 Å². The predicted octanol–water partition coefficient (Wildman–Crippen LogP) is 3.56. The normalized spacial score (nSPS) is 13.3. The average molecular weight is 437 g/mol. The fourth-order valence-electron chi connectivity index (χ4n) is 3.49. The monoisotopic (exact) mass is 436 g/mol. The van der Waals surface area contributed by atoms with E-state index in [9.17, 15) is 9.59 Å². The van der Waals surface area contributed by atoms with Gasteiger partial charge in [0.1, 0.15) is 6.33 Å². The van der Waals surface area contributed by atoms with Crippen LogP contribution in [0, 0.1) is 0 Å². The molecule has 0 bridgehead atoms. The molecule has 0 spiro atoms. The Morgan fingerprint density at radius 2 is 1.77 bits per heavy atom. The number of benzene rings is 2. The molecule has 0 atom stereocenters. The molecule has 4 rings (SSSR count). The number of nitrogens with zero attached hydrogens (tertiary/aromatic N) is 4. The minimum atomic E-state index is -0.138. The van der Waals surface area contributed by atoms with Crippen molar-refractivity contribution in [1.29, 1.82) is 0 Å². The van der Waals surface area contributed by atoms with E-state index in [1.54, 1.807) is 10.9 Å². The second-order valence-electron chi connectivity index (χ2n) is 7.29. The summed E-state index contributed by atoms with van der Waals surface area (Å²) in [7, 11) is 0. The summed E-state index contributed by atoms with van der Waals surface area (Å²) < 4.78 is 1.79. The molecule has 160 valence electrons. The fraction of sp³-hybridized carbons (Fsp3) is 0.273. The number of hydrogen-bond acceptors (Lipinski definition) is 6. The molecule has 1 aliphatic rings. The fourth-order valence-corrected chi connectivity index (χ4v) is 4.22. The van der Waals surface area contributed by atoms with Crippen molar-refractivity contribution in [3.63, 3.8) is 0 Å². The van der Waals surface area contributed by atoms with Crippen molar-refractivity contribution in [3.05, 3.63) is 54.9 Å². The van der Waals surface area contributed by atoms with Gasteiger partial charge in [-0.2, -0.15) is 0 Å². The van der Waals surface area contributed by atoms with Crippen molar-refractivity contribution < 1.29 is 9.59 Å².